The molecular weight excluding hydrogens is 344 g/mol. The van der Waals surface area contributed by atoms with E-state index in [1.807, 2.05) is 24.3 Å². The highest BCUT2D eigenvalue weighted by Crippen LogP contribution is 2.25. The Morgan fingerprint density at radius 2 is 2.00 bits per heavy atom. The lowest BCUT2D eigenvalue weighted by Gasteiger charge is -2.17. The van der Waals surface area contributed by atoms with E-state index in [4.69, 9.17) is 10.5 Å². The second-order valence-corrected chi connectivity index (χ2v) is 6.20. The average Bonchev–Trinajstić information content (AvgIpc) is 3.08. The zero-order valence-electron chi connectivity index (χ0n) is 15.5. The van der Waals surface area contributed by atoms with Crippen molar-refractivity contribution in [1.29, 1.82) is 0 Å². The van der Waals surface area contributed by atoms with E-state index in [1.54, 1.807) is 0 Å². The number of pyridine rings is 1. The van der Waals surface area contributed by atoms with Crippen LogP contribution in [0.5, 0.6) is 5.75 Å². The molecule has 0 fully saturated rings. The van der Waals surface area contributed by atoms with Crippen molar-refractivity contribution in [2.75, 3.05) is 26.2 Å². The highest BCUT2D eigenvalue weighted by atomic mass is 16.5. The van der Waals surface area contributed by atoms with Crippen molar-refractivity contribution in [3.05, 3.63) is 52.4 Å². The second-order valence-electron chi connectivity index (χ2n) is 6.20. The number of carbonyl (C=O) groups is 1. The highest BCUT2D eigenvalue weighted by molar-refractivity contribution is 5.91. The van der Waals surface area contributed by atoms with E-state index in [-0.39, 0.29) is 5.69 Å². The van der Waals surface area contributed by atoms with Crippen molar-refractivity contribution >= 4 is 16.8 Å². The van der Waals surface area contributed by atoms with Gasteiger partial charge in [-0.2, -0.15) is 0 Å². The maximum Gasteiger partial charge on any atom is 0.265 e. The summed E-state index contributed by atoms with van der Waals surface area (Å²) in [7, 11) is 0. The number of ether oxygens (including phenoxy) is 1. The largest absolute Gasteiger partial charge is 0.492 e. The molecule has 0 saturated carbocycles. The predicted octanol–water partition coefficient (Wildman–Crippen LogP) is 2.14. The summed E-state index contributed by atoms with van der Waals surface area (Å²) >= 11 is 0. The van der Waals surface area contributed by atoms with Gasteiger partial charge in [-0.05, 0) is 43.4 Å². The van der Waals surface area contributed by atoms with E-state index in [0.29, 0.717) is 17.9 Å². The molecule has 27 heavy (non-hydrogen) atoms. The van der Waals surface area contributed by atoms with Crippen LogP contribution in [0, 0.1) is 6.07 Å². The highest BCUT2D eigenvalue weighted by Gasteiger charge is 2.11. The second kappa shape index (κ2) is 8.09. The number of fused-ring (bicyclic) bond motifs is 1. The number of rotatable bonds is 8. The Morgan fingerprint density at radius 1 is 1.22 bits per heavy atom. The number of carbonyl (C=O) groups excluding carboxylic acids is 1. The van der Waals surface area contributed by atoms with Crippen molar-refractivity contribution in [1.82, 2.24) is 14.9 Å². The molecule has 3 rings (SSSR count). The summed E-state index contributed by atoms with van der Waals surface area (Å²) in [6, 6.07) is 11.8. The van der Waals surface area contributed by atoms with Gasteiger partial charge in [0.2, 0.25) is 0 Å². The number of nitrogens with two attached hydrogens (primary N) is 1. The van der Waals surface area contributed by atoms with E-state index < -0.39 is 11.5 Å². The van der Waals surface area contributed by atoms with Crippen LogP contribution in [0.2, 0.25) is 0 Å². The summed E-state index contributed by atoms with van der Waals surface area (Å²) in [6.45, 7) is 7.76. The smallest absolute Gasteiger partial charge is 0.265 e. The molecule has 1 radical (unpaired) electrons. The van der Waals surface area contributed by atoms with Gasteiger partial charge in [-0.1, -0.05) is 13.8 Å². The molecule has 3 aromatic rings. The van der Waals surface area contributed by atoms with Crippen LogP contribution in [0.15, 0.2) is 35.1 Å². The molecule has 7 nitrogen and oxygen atoms in total. The molecule has 1 amide bonds. The van der Waals surface area contributed by atoms with Gasteiger partial charge in [-0.3, -0.25) is 9.59 Å². The maximum absolute atomic E-state index is 12.2. The van der Waals surface area contributed by atoms with Crippen molar-refractivity contribution in [2.24, 2.45) is 5.73 Å². The summed E-state index contributed by atoms with van der Waals surface area (Å²) in [5.41, 5.74) is 6.64. The molecule has 2 heterocycles. The van der Waals surface area contributed by atoms with Gasteiger partial charge in [0, 0.05) is 23.5 Å². The molecule has 7 heteroatoms. The third kappa shape index (κ3) is 4.20. The molecule has 2 aromatic heterocycles. The Kier molecular flexibility index (Phi) is 5.61. The Bertz CT molecular complexity index is 1000. The van der Waals surface area contributed by atoms with Crippen molar-refractivity contribution in [2.45, 2.75) is 13.8 Å². The summed E-state index contributed by atoms with van der Waals surface area (Å²) in [6.07, 6.45) is 0. The summed E-state index contributed by atoms with van der Waals surface area (Å²) < 4.78 is 5.85. The minimum atomic E-state index is -0.721. The van der Waals surface area contributed by atoms with Crippen LogP contribution in [0.4, 0.5) is 0 Å². The SMILES string of the molecule is CCN(CC)CCOc1ccc2[nH]c(-c3c[c]c(C(N)=O)[nH]c3=O)cc2c1. The molecule has 4 N–H and O–H groups in total. The number of H-pyrrole nitrogens is 2. The van der Waals surface area contributed by atoms with Gasteiger partial charge < -0.3 is 25.3 Å². The molecule has 0 aliphatic rings. The quantitative estimate of drug-likeness (QED) is 0.567. The van der Waals surface area contributed by atoms with Crippen molar-refractivity contribution in [3.63, 3.8) is 0 Å². The first-order valence-corrected chi connectivity index (χ1v) is 8.95. The van der Waals surface area contributed by atoms with Gasteiger partial charge in [0.25, 0.3) is 11.5 Å². The first-order valence-electron chi connectivity index (χ1n) is 8.95. The fourth-order valence-corrected chi connectivity index (χ4v) is 2.94. The fraction of sp³-hybridized carbons (Fsp3) is 0.300. The first kappa shape index (κ1) is 18.7. The molecule has 0 aliphatic carbocycles. The maximum atomic E-state index is 12.2. The Hall–Kier alpha value is -3.06. The standard InChI is InChI=1S/C20H23N4O3/c1-3-24(4-2)9-10-27-14-5-7-16-13(11-14)12-18(22-16)15-6-8-17(19(21)25)23-20(15)26/h5-7,11-12,22H,3-4,9-10H2,1-2H3,(H2,21,25)(H,23,26). The number of nitrogens with zero attached hydrogens (tertiary/aromatic N) is 1. The van der Waals surface area contributed by atoms with Crippen LogP contribution in [-0.2, 0) is 0 Å². The molecule has 0 atom stereocenters. The third-order valence-corrected chi connectivity index (χ3v) is 4.54. The van der Waals surface area contributed by atoms with Gasteiger partial charge >= 0.3 is 0 Å². The minimum Gasteiger partial charge on any atom is -0.492 e. The molecule has 0 aliphatic heterocycles. The fourth-order valence-electron chi connectivity index (χ4n) is 2.94. The van der Waals surface area contributed by atoms with E-state index in [9.17, 15) is 9.59 Å². The zero-order chi connectivity index (χ0) is 19.4. The lowest BCUT2D eigenvalue weighted by Crippen LogP contribution is -2.27. The minimum absolute atomic E-state index is 0.0382. The third-order valence-electron chi connectivity index (χ3n) is 4.54. The van der Waals surface area contributed by atoms with Crippen LogP contribution in [0.25, 0.3) is 22.2 Å². The van der Waals surface area contributed by atoms with E-state index >= 15 is 0 Å². The predicted molar refractivity (Wildman–Crippen MR) is 105 cm³/mol. The monoisotopic (exact) mass is 367 g/mol. The van der Waals surface area contributed by atoms with Crippen LogP contribution < -0.4 is 16.0 Å². The number of likely N-dealkylation sites (N-methyl/N-ethyl adjacent to an activating group) is 1. The molecule has 0 spiro atoms. The Balaban J connectivity index is 1.80. The number of nitrogens with one attached hydrogen (secondary N) is 2. The summed E-state index contributed by atoms with van der Waals surface area (Å²) in [4.78, 5) is 31.3. The van der Waals surface area contributed by atoms with E-state index in [2.05, 4.69) is 34.8 Å². The number of hydrogen-bond donors (Lipinski definition) is 3. The molecule has 0 unspecified atom stereocenters. The Labute approximate surface area is 157 Å². The summed E-state index contributed by atoms with van der Waals surface area (Å²) in [5.74, 6) is 0.0616. The number of aromatic nitrogens is 2. The number of benzene rings is 1. The van der Waals surface area contributed by atoms with Gasteiger partial charge in [0.15, 0.2) is 0 Å². The molecular formula is C20H23N4O3. The van der Waals surface area contributed by atoms with E-state index in [0.717, 1.165) is 36.3 Å². The van der Waals surface area contributed by atoms with Crippen LogP contribution in [0.1, 0.15) is 24.3 Å². The van der Waals surface area contributed by atoms with E-state index in [1.165, 1.54) is 6.07 Å². The van der Waals surface area contributed by atoms with Gasteiger partial charge in [-0.25, -0.2) is 0 Å². The molecule has 0 saturated heterocycles. The molecule has 141 valence electrons. The molecule has 1 aromatic carbocycles. The van der Waals surface area contributed by atoms with Crippen LogP contribution in [0.3, 0.4) is 0 Å². The zero-order valence-corrected chi connectivity index (χ0v) is 15.5. The number of primary amides is 1. The van der Waals surface area contributed by atoms with Crippen LogP contribution >= 0.6 is 0 Å². The Morgan fingerprint density at radius 3 is 2.67 bits per heavy atom. The number of aromatic amines is 2. The average molecular weight is 367 g/mol. The first-order chi connectivity index (χ1) is 13.0. The normalized spacial score (nSPS) is 11.2. The topological polar surface area (TPSA) is 104 Å². The van der Waals surface area contributed by atoms with Crippen molar-refractivity contribution < 1.29 is 9.53 Å². The lowest BCUT2D eigenvalue weighted by molar-refractivity contribution is 0.0995. The van der Waals surface area contributed by atoms with Gasteiger partial charge in [0.1, 0.15) is 18.1 Å². The van der Waals surface area contributed by atoms with Crippen LogP contribution in [-0.4, -0.2) is 47.0 Å². The number of hydrogen-bond acceptors (Lipinski definition) is 4. The lowest BCUT2D eigenvalue weighted by atomic mass is 10.1. The summed E-state index contributed by atoms with van der Waals surface area (Å²) in [5, 5.41) is 0.934. The van der Waals surface area contributed by atoms with Gasteiger partial charge in [0.05, 0.1) is 11.3 Å². The van der Waals surface area contributed by atoms with Crippen molar-refractivity contribution in [3.8, 4) is 17.0 Å². The van der Waals surface area contributed by atoms with Gasteiger partial charge in [-0.15, -0.1) is 0 Å². The number of amides is 1. The molecule has 0 bridgehead atoms.